The predicted molar refractivity (Wildman–Crippen MR) is 151 cm³/mol. The summed E-state index contributed by atoms with van der Waals surface area (Å²) in [5.41, 5.74) is 6.85. The Labute approximate surface area is 229 Å². The van der Waals surface area contributed by atoms with E-state index in [-0.39, 0.29) is 12.0 Å². The molecular formula is C31H37N5O3. The summed E-state index contributed by atoms with van der Waals surface area (Å²) in [6.07, 6.45) is 2.80. The Morgan fingerprint density at radius 2 is 2.00 bits per heavy atom. The highest BCUT2D eigenvalue weighted by Crippen LogP contribution is 2.44. The molecule has 0 saturated carbocycles. The normalized spacial score (nSPS) is 16.9. The Bertz CT molecular complexity index is 1530. The molecule has 1 unspecified atom stereocenters. The van der Waals surface area contributed by atoms with Crippen molar-refractivity contribution in [2.45, 2.75) is 66.2 Å². The Kier molecular flexibility index (Phi) is 7.16. The minimum absolute atomic E-state index is 0.0824. The molecule has 2 aromatic carbocycles. The minimum Gasteiger partial charge on any atom is -0.487 e. The van der Waals surface area contributed by atoms with Gasteiger partial charge in [0.25, 0.3) is 0 Å². The average molecular weight is 528 g/mol. The zero-order valence-corrected chi connectivity index (χ0v) is 23.6. The number of ether oxygens (including phenoxy) is 1. The lowest BCUT2D eigenvalue weighted by molar-refractivity contribution is -0.147. The van der Waals surface area contributed by atoms with Gasteiger partial charge in [0.15, 0.2) is 0 Å². The predicted octanol–water partition coefficient (Wildman–Crippen LogP) is 5.40. The summed E-state index contributed by atoms with van der Waals surface area (Å²) in [5, 5.41) is 18.9. The second-order valence-corrected chi connectivity index (χ2v) is 11.3. The largest absolute Gasteiger partial charge is 0.487 e. The van der Waals surface area contributed by atoms with Crippen LogP contribution < -0.4 is 4.74 Å². The molecule has 2 aromatic heterocycles. The van der Waals surface area contributed by atoms with Gasteiger partial charge in [-0.1, -0.05) is 36.4 Å². The van der Waals surface area contributed by atoms with E-state index in [0.29, 0.717) is 6.54 Å². The molecule has 1 N–H and O–H groups in total. The van der Waals surface area contributed by atoms with Crippen molar-refractivity contribution in [3.05, 3.63) is 82.2 Å². The molecule has 0 bridgehead atoms. The van der Waals surface area contributed by atoms with Gasteiger partial charge >= 0.3 is 5.97 Å². The molecule has 8 nitrogen and oxygen atoms in total. The molecule has 5 rings (SSSR count). The second-order valence-electron chi connectivity index (χ2n) is 11.3. The van der Waals surface area contributed by atoms with Crippen molar-refractivity contribution in [3.8, 4) is 5.75 Å². The molecule has 0 aliphatic carbocycles. The van der Waals surface area contributed by atoms with E-state index in [1.807, 2.05) is 44.4 Å². The van der Waals surface area contributed by atoms with Gasteiger partial charge in [0.2, 0.25) is 0 Å². The lowest BCUT2D eigenvalue weighted by Crippen LogP contribution is -2.33. The van der Waals surface area contributed by atoms with Gasteiger partial charge in [-0.25, -0.2) is 4.68 Å². The van der Waals surface area contributed by atoms with Gasteiger partial charge in [0.05, 0.1) is 16.6 Å². The van der Waals surface area contributed by atoms with Crippen LogP contribution in [0, 0.1) is 19.3 Å². The molecule has 0 fully saturated rings. The molecule has 2 atom stereocenters. The van der Waals surface area contributed by atoms with Crippen molar-refractivity contribution in [2.75, 3.05) is 6.54 Å². The van der Waals surface area contributed by atoms with Crippen molar-refractivity contribution in [3.63, 3.8) is 0 Å². The molecule has 0 radical (unpaired) electrons. The number of aliphatic carboxylic acids is 1. The molecular weight excluding hydrogens is 490 g/mol. The van der Waals surface area contributed by atoms with Gasteiger partial charge in [0, 0.05) is 38.8 Å². The van der Waals surface area contributed by atoms with Gasteiger partial charge in [0.1, 0.15) is 17.4 Å². The Balaban J connectivity index is 1.56. The van der Waals surface area contributed by atoms with Gasteiger partial charge in [-0.3, -0.25) is 14.7 Å². The van der Waals surface area contributed by atoms with Crippen LogP contribution in [0.5, 0.6) is 5.75 Å². The maximum Gasteiger partial charge on any atom is 0.310 e. The summed E-state index contributed by atoms with van der Waals surface area (Å²) in [4.78, 5) is 19.6. The fourth-order valence-corrected chi connectivity index (χ4v) is 5.72. The fourth-order valence-electron chi connectivity index (χ4n) is 5.72. The number of hydrogen-bond acceptors (Lipinski definition) is 6. The summed E-state index contributed by atoms with van der Waals surface area (Å²) >= 11 is 0. The first-order valence-electron chi connectivity index (χ1n) is 13.5. The summed E-state index contributed by atoms with van der Waals surface area (Å²) in [5.74, 6) is -0.360. The minimum atomic E-state index is -1.06. The van der Waals surface area contributed by atoms with Crippen LogP contribution in [0.2, 0.25) is 0 Å². The Morgan fingerprint density at radius 1 is 1.21 bits per heavy atom. The molecule has 3 heterocycles. The number of carbonyl (C=O) groups is 1. The zero-order valence-electron chi connectivity index (χ0n) is 23.6. The monoisotopic (exact) mass is 527 g/mol. The molecule has 39 heavy (non-hydrogen) atoms. The maximum atomic E-state index is 12.6. The van der Waals surface area contributed by atoms with E-state index in [1.54, 1.807) is 18.5 Å². The molecule has 0 amide bonds. The number of aryl methyl sites for hydroxylation is 3. The van der Waals surface area contributed by atoms with Crippen LogP contribution in [0.3, 0.4) is 0 Å². The SMILES string of the molecule is CC[C@@H]1CN(Cc2cc(C(c3ccc4c(nnn4C)c3C)C(C)(C)C(=O)O)ccc2C)Cc2ncccc2O1. The third kappa shape index (κ3) is 5.01. The topological polar surface area (TPSA) is 93.4 Å². The average Bonchev–Trinajstić information content (AvgIpc) is 3.18. The smallest absolute Gasteiger partial charge is 0.310 e. The quantitative estimate of drug-likeness (QED) is 0.344. The highest BCUT2D eigenvalue weighted by Gasteiger charge is 2.40. The summed E-state index contributed by atoms with van der Waals surface area (Å²) in [6.45, 7) is 12.1. The first-order chi connectivity index (χ1) is 18.6. The third-order valence-corrected chi connectivity index (χ3v) is 8.20. The number of carboxylic acids is 1. The molecule has 0 saturated heterocycles. The summed E-state index contributed by atoms with van der Waals surface area (Å²) < 4.78 is 8.01. The van der Waals surface area contributed by atoms with Crippen LogP contribution in [0.25, 0.3) is 11.0 Å². The molecule has 1 aliphatic rings. The standard InChI is InChI=1S/C31H37N5O3/c1-7-23-17-36(18-25-27(39-23)9-8-14-32-25)16-22-15-21(11-10-19(22)2)28(31(4,5)30(37)38)24-12-13-26-29(20(24)3)33-34-35(26)6/h8-15,23,28H,7,16-18H2,1-6H3,(H,37,38)/t23-,28?/m1/s1. The van der Waals surface area contributed by atoms with Gasteiger partial charge < -0.3 is 9.84 Å². The number of pyridine rings is 1. The van der Waals surface area contributed by atoms with Crippen LogP contribution in [-0.4, -0.2) is 48.6 Å². The van der Waals surface area contributed by atoms with Crippen molar-refractivity contribution in [2.24, 2.45) is 12.5 Å². The van der Waals surface area contributed by atoms with Crippen LogP contribution in [0.4, 0.5) is 0 Å². The number of aromatic nitrogens is 4. The Morgan fingerprint density at radius 3 is 2.74 bits per heavy atom. The van der Waals surface area contributed by atoms with E-state index in [2.05, 4.69) is 52.2 Å². The maximum absolute atomic E-state index is 12.6. The van der Waals surface area contributed by atoms with Crippen molar-refractivity contribution < 1.29 is 14.6 Å². The number of fused-ring (bicyclic) bond motifs is 2. The van der Waals surface area contributed by atoms with Crippen molar-refractivity contribution >= 4 is 17.0 Å². The molecule has 0 spiro atoms. The molecule has 1 aliphatic heterocycles. The highest BCUT2D eigenvalue weighted by molar-refractivity contribution is 5.81. The first kappa shape index (κ1) is 26.8. The second kappa shape index (κ2) is 10.4. The number of hydrogen-bond donors (Lipinski definition) is 1. The molecule has 8 heteroatoms. The summed E-state index contributed by atoms with van der Waals surface area (Å²) in [6, 6.07) is 14.3. The fraction of sp³-hybridized carbons (Fsp3) is 0.419. The van der Waals surface area contributed by atoms with Gasteiger partial charge in [-0.05, 0) is 80.1 Å². The van der Waals surface area contributed by atoms with Crippen molar-refractivity contribution in [1.82, 2.24) is 24.9 Å². The zero-order chi connectivity index (χ0) is 27.9. The lowest BCUT2D eigenvalue weighted by atomic mass is 9.69. The number of benzene rings is 2. The first-order valence-corrected chi connectivity index (χ1v) is 13.5. The summed E-state index contributed by atoms with van der Waals surface area (Å²) in [7, 11) is 1.87. The van der Waals surface area contributed by atoms with Crippen LogP contribution in [0.15, 0.2) is 48.7 Å². The molecule has 204 valence electrons. The van der Waals surface area contributed by atoms with Crippen molar-refractivity contribution in [1.29, 1.82) is 0 Å². The van der Waals surface area contributed by atoms with Crippen LogP contribution in [-0.2, 0) is 24.9 Å². The van der Waals surface area contributed by atoms with Crippen LogP contribution >= 0.6 is 0 Å². The highest BCUT2D eigenvalue weighted by atomic mass is 16.5. The molecule has 4 aromatic rings. The lowest BCUT2D eigenvalue weighted by Gasteiger charge is -2.33. The van der Waals surface area contributed by atoms with Crippen LogP contribution in [0.1, 0.15) is 66.6 Å². The van der Waals surface area contributed by atoms with E-state index in [1.165, 1.54) is 11.1 Å². The number of rotatable bonds is 7. The number of carboxylic acid groups (broad SMARTS) is 1. The van der Waals surface area contributed by atoms with E-state index in [9.17, 15) is 9.90 Å². The van der Waals surface area contributed by atoms with E-state index in [4.69, 9.17) is 4.74 Å². The number of nitrogens with zero attached hydrogens (tertiary/aromatic N) is 5. The Hall–Kier alpha value is -3.78. The third-order valence-electron chi connectivity index (χ3n) is 8.20. The van der Waals surface area contributed by atoms with E-state index < -0.39 is 11.4 Å². The van der Waals surface area contributed by atoms with Gasteiger partial charge in [-0.15, -0.1) is 5.10 Å². The van der Waals surface area contributed by atoms with E-state index in [0.717, 1.165) is 58.7 Å². The van der Waals surface area contributed by atoms with E-state index >= 15 is 0 Å². The van der Waals surface area contributed by atoms with Gasteiger partial charge in [-0.2, -0.15) is 0 Å².